The lowest BCUT2D eigenvalue weighted by Crippen LogP contribution is -1.87. The Kier molecular flexibility index (Phi) is 11.1. The van der Waals surface area contributed by atoms with Crippen molar-refractivity contribution in [2.45, 2.75) is 84.0 Å². The van der Waals surface area contributed by atoms with Gasteiger partial charge >= 0.3 is 0 Å². The summed E-state index contributed by atoms with van der Waals surface area (Å²) >= 11 is 0. The van der Waals surface area contributed by atoms with Gasteiger partial charge in [0.05, 0.1) is 0 Å². The van der Waals surface area contributed by atoms with E-state index < -0.39 is 0 Å². The molecule has 23 heavy (non-hydrogen) atoms. The number of unbranched alkanes of at least 4 members (excludes halogenated alkanes) is 9. The first-order chi connectivity index (χ1) is 11.3. The molecule has 1 rings (SSSR count). The first kappa shape index (κ1) is 19.6. The third kappa shape index (κ3) is 9.32. The number of phenols is 2. The highest BCUT2D eigenvalue weighted by molar-refractivity contribution is 5.44. The maximum atomic E-state index is 9.73. The average Bonchev–Trinajstić information content (AvgIpc) is 2.55. The molecule has 1 aromatic carbocycles. The maximum absolute atomic E-state index is 9.73. The van der Waals surface area contributed by atoms with Crippen LogP contribution in [0.25, 0.3) is 0 Å². The summed E-state index contributed by atoms with van der Waals surface area (Å²) in [6.45, 7) is 2.25. The third-order valence-electron chi connectivity index (χ3n) is 4.31. The minimum atomic E-state index is -0.00903. The highest BCUT2D eigenvalue weighted by atomic mass is 16.3. The second kappa shape index (κ2) is 13.0. The fourth-order valence-electron chi connectivity index (χ4n) is 2.81. The van der Waals surface area contributed by atoms with Crippen LogP contribution in [0.15, 0.2) is 30.4 Å². The zero-order valence-electron chi connectivity index (χ0n) is 14.8. The summed E-state index contributed by atoms with van der Waals surface area (Å²) in [5.41, 5.74) is 0.859. The van der Waals surface area contributed by atoms with Crippen LogP contribution < -0.4 is 0 Å². The summed E-state index contributed by atoms with van der Waals surface area (Å²) in [5.74, 6) is 0.0449. The molecule has 0 aliphatic carbocycles. The Morgan fingerprint density at radius 2 is 1.39 bits per heavy atom. The van der Waals surface area contributed by atoms with Crippen LogP contribution in [0, 0.1) is 0 Å². The van der Waals surface area contributed by atoms with E-state index in [0.717, 1.165) is 18.4 Å². The molecule has 0 fully saturated rings. The molecule has 0 aliphatic rings. The number of allylic oxidation sites excluding steroid dienone is 2. The van der Waals surface area contributed by atoms with E-state index >= 15 is 0 Å². The normalized spacial score (nSPS) is 11.3. The standard InChI is InChI=1S/C21H34O2/c1-2-3-4-5-6-7-8-9-10-11-12-13-14-16-19-17-15-18-20(22)21(19)23/h6-7,15,17-18,22-23H,2-5,8-14,16H2,1H3. The number of hydrogen-bond donors (Lipinski definition) is 2. The van der Waals surface area contributed by atoms with Gasteiger partial charge in [-0.3, -0.25) is 0 Å². The SMILES string of the molecule is CCCCCC=CCCCCCCCCc1cccc(O)c1O. The van der Waals surface area contributed by atoms with Gasteiger partial charge in [-0.2, -0.15) is 0 Å². The van der Waals surface area contributed by atoms with Gasteiger partial charge in [-0.05, 0) is 50.2 Å². The minimum absolute atomic E-state index is 0.00903. The van der Waals surface area contributed by atoms with E-state index in [1.54, 1.807) is 6.07 Å². The van der Waals surface area contributed by atoms with E-state index in [2.05, 4.69) is 19.1 Å². The van der Waals surface area contributed by atoms with Gasteiger partial charge in [0, 0.05) is 0 Å². The Morgan fingerprint density at radius 1 is 0.783 bits per heavy atom. The van der Waals surface area contributed by atoms with Crippen LogP contribution in [0.5, 0.6) is 11.5 Å². The van der Waals surface area contributed by atoms with Gasteiger partial charge in [-0.25, -0.2) is 0 Å². The summed E-state index contributed by atoms with van der Waals surface area (Å²) in [7, 11) is 0. The molecule has 0 saturated heterocycles. The molecule has 0 radical (unpaired) electrons. The minimum Gasteiger partial charge on any atom is -0.504 e. The lowest BCUT2D eigenvalue weighted by atomic mass is 10.0. The van der Waals surface area contributed by atoms with Gasteiger partial charge in [-0.15, -0.1) is 0 Å². The molecule has 0 atom stereocenters. The molecule has 2 N–H and O–H groups in total. The maximum Gasteiger partial charge on any atom is 0.160 e. The van der Waals surface area contributed by atoms with Crippen molar-refractivity contribution in [2.24, 2.45) is 0 Å². The van der Waals surface area contributed by atoms with Crippen molar-refractivity contribution < 1.29 is 10.2 Å². The third-order valence-corrected chi connectivity index (χ3v) is 4.31. The van der Waals surface area contributed by atoms with Crippen molar-refractivity contribution in [1.82, 2.24) is 0 Å². The van der Waals surface area contributed by atoms with Crippen molar-refractivity contribution in [1.29, 1.82) is 0 Å². The van der Waals surface area contributed by atoms with E-state index in [1.807, 2.05) is 6.07 Å². The molecule has 0 aromatic heterocycles. The summed E-state index contributed by atoms with van der Waals surface area (Å²) in [6.07, 6.45) is 19.5. The topological polar surface area (TPSA) is 40.5 Å². The Balaban J connectivity index is 1.93. The lowest BCUT2D eigenvalue weighted by molar-refractivity contribution is 0.398. The summed E-state index contributed by atoms with van der Waals surface area (Å²) in [4.78, 5) is 0. The Morgan fingerprint density at radius 3 is 2.09 bits per heavy atom. The highest BCUT2D eigenvalue weighted by Crippen LogP contribution is 2.29. The molecule has 0 saturated carbocycles. The second-order valence-corrected chi connectivity index (χ2v) is 6.41. The molecule has 0 spiro atoms. The van der Waals surface area contributed by atoms with E-state index in [-0.39, 0.29) is 11.5 Å². The zero-order chi connectivity index (χ0) is 16.8. The molecule has 0 aliphatic heterocycles. The molecule has 0 amide bonds. The predicted octanol–water partition coefficient (Wildman–Crippen LogP) is 6.51. The molecule has 130 valence electrons. The number of para-hydroxylation sites is 1. The predicted molar refractivity (Wildman–Crippen MR) is 99.1 cm³/mol. The Labute approximate surface area is 142 Å². The van der Waals surface area contributed by atoms with Crippen LogP contribution in [0.3, 0.4) is 0 Å². The van der Waals surface area contributed by atoms with Crippen LogP contribution in [-0.2, 0) is 6.42 Å². The number of phenolic OH excluding ortho intramolecular Hbond substituents is 2. The molecule has 2 heteroatoms. The summed E-state index contributed by atoms with van der Waals surface area (Å²) in [5, 5.41) is 19.2. The van der Waals surface area contributed by atoms with E-state index in [1.165, 1.54) is 70.3 Å². The molecule has 1 aromatic rings. The molecular formula is C21H34O2. The number of benzene rings is 1. The summed E-state index contributed by atoms with van der Waals surface area (Å²) < 4.78 is 0. The monoisotopic (exact) mass is 318 g/mol. The smallest absolute Gasteiger partial charge is 0.160 e. The molecular weight excluding hydrogens is 284 g/mol. The Bertz CT molecular complexity index is 437. The molecule has 0 bridgehead atoms. The Hall–Kier alpha value is -1.44. The van der Waals surface area contributed by atoms with Crippen LogP contribution >= 0.6 is 0 Å². The van der Waals surface area contributed by atoms with Crippen LogP contribution in [0.4, 0.5) is 0 Å². The van der Waals surface area contributed by atoms with Gasteiger partial charge < -0.3 is 10.2 Å². The van der Waals surface area contributed by atoms with Crippen LogP contribution in [0.1, 0.15) is 83.1 Å². The number of aromatic hydroxyl groups is 2. The van der Waals surface area contributed by atoms with Crippen molar-refractivity contribution in [3.8, 4) is 11.5 Å². The largest absolute Gasteiger partial charge is 0.504 e. The van der Waals surface area contributed by atoms with Gasteiger partial charge in [-0.1, -0.05) is 69.7 Å². The van der Waals surface area contributed by atoms with Crippen molar-refractivity contribution in [3.05, 3.63) is 35.9 Å². The van der Waals surface area contributed by atoms with E-state index in [9.17, 15) is 10.2 Å². The summed E-state index contributed by atoms with van der Waals surface area (Å²) in [6, 6.07) is 5.21. The van der Waals surface area contributed by atoms with Gasteiger partial charge in [0.15, 0.2) is 11.5 Å². The molecule has 0 unspecified atom stereocenters. The molecule has 2 nitrogen and oxygen atoms in total. The van der Waals surface area contributed by atoms with Gasteiger partial charge in [0.25, 0.3) is 0 Å². The first-order valence-corrected chi connectivity index (χ1v) is 9.40. The van der Waals surface area contributed by atoms with Crippen molar-refractivity contribution in [2.75, 3.05) is 0 Å². The van der Waals surface area contributed by atoms with Crippen molar-refractivity contribution in [3.63, 3.8) is 0 Å². The van der Waals surface area contributed by atoms with Gasteiger partial charge in [0.1, 0.15) is 0 Å². The number of rotatable bonds is 13. The van der Waals surface area contributed by atoms with Gasteiger partial charge in [0.2, 0.25) is 0 Å². The highest BCUT2D eigenvalue weighted by Gasteiger charge is 2.04. The van der Waals surface area contributed by atoms with E-state index in [4.69, 9.17) is 0 Å². The number of hydrogen-bond acceptors (Lipinski definition) is 2. The fraction of sp³-hybridized carbons (Fsp3) is 0.619. The quantitative estimate of drug-likeness (QED) is 0.247. The lowest BCUT2D eigenvalue weighted by Gasteiger charge is -2.06. The van der Waals surface area contributed by atoms with Crippen molar-refractivity contribution >= 4 is 0 Å². The van der Waals surface area contributed by atoms with Crippen LogP contribution in [0.2, 0.25) is 0 Å². The second-order valence-electron chi connectivity index (χ2n) is 6.41. The number of aryl methyl sites for hydroxylation is 1. The first-order valence-electron chi connectivity index (χ1n) is 9.40. The average molecular weight is 319 g/mol. The van der Waals surface area contributed by atoms with Crippen LogP contribution in [-0.4, -0.2) is 10.2 Å². The van der Waals surface area contributed by atoms with E-state index in [0.29, 0.717) is 0 Å². The zero-order valence-corrected chi connectivity index (χ0v) is 14.8. The fourth-order valence-corrected chi connectivity index (χ4v) is 2.81. The molecule has 0 heterocycles.